The maximum atomic E-state index is 2.69. The fourth-order valence-electron chi connectivity index (χ4n) is 5.77. The van der Waals surface area contributed by atoms with Crippen molar-refractivity contribution in [3.8, 4) is 0 Å². The van der Waals surface area contributed by atoms with Crippen molar-refractivity contribution in [1.29, 1.82) is 0 Å². The third-order valence-electron chi connectivity index (χ3n) is 6.81. The lowest BCUT2D eigenvalue weighted by molar-refractivity contribution is 0.857. The Labute approximate surface area is 158 Å². The van der Waals surface area contributed by atoms with Gasteiger partial charge in [-0.25, -0.2) is 0 Å². The minimum atomic E-state index is -1.54. The molecule has 2 unspecified atom stereocenters. The topological polar surface area (TPSA) is 0 Å². The molecule has 0 aromatic heterocycles. The molecule has 0 heterocycles. The van der Waals surface area contributed by atoms with Crippen LogP contribution >= 0.6 is 0 Å². The Bertz CT molecular complexity index is 570. The van der Waals surface area contributed by atoms with Gasteiger partial charge in [-0.05, 0) is 60.8 Å². The van der Waals surface area contributed by atoms with Crippen molar-refractivity contribution in [1.82, 2.24) is 0 Å². The molecule has 0 fully saturated rings. The average molecular weight is 357 g/mol. The molecule has 0 radical (unpaired) electrons. The van der Waals surface area contributed by atoms with Gasteiger partial charge in [0.15, 0.2) is 0 Å². The van der Waals surface area contributed by atoms with Gasteiger partial charge >= 0.3 is 0 Å². The molecule has 0 saturated heterocycles. The van der Waals surface area contributed by atoms with Gasteiger partial charge < -0.3 is 0 Å². The summed E-state index contributed by atoms with van der Waals surface area (Å²) in [5.74, 6) is 0. The van der Waals surface area contributed by atoms with Crippen LogP contribution < -0.4 is 0 Å². The Balaban J connectivity index is 2.56. The monoisotopic (exact) mass is 356 g/mol. The second-order valence-electron chi connectivity index (χ2n) is 8.35. The summed E-state index contributed by atoms with van der Waals surface area (Å²) in [7, 11) is -1.54. The maximum Gasteiger partial charge on any atom is 0.0713 e. The van der Waals surface area contributed by atoms with E-state index in [1.807, 2.05) is 0 Å². The molecule has 0 saturated carbocycles. The van der Waals surface area contributed by atoms with Crippen LogP contribution in [0.25, 0.3) is 0 Å². The number of rotatable bonds is 8. The molecule has 2 rings (SSSR count). The number of hydrogen-bond acceptors (Lipinski definition) is 0. The van der Waals surface area contributed by atoms with Crippen molar-refractivity contribution >= 4 is 8.07 Å². The summed E-state index contributed by atoms with van der Waals surface area (Å²) in [5, 5.41) is 0. The van der Waals surface area contributed by atoms with Crippen molar-refractivity contribution in [2.75, 3.05) is 0 Å². The molecule has 0 spiro atoms. The first kappa shape index (κ1) is 20.5. The molecule has 2 atom stereocenters. The molecule has 0 amide bonds. The van der Waals surface area contributed by atoms with Crippen molar-refractivity contribution in [2.45, 2.75) is 104 Å². The molecule has 2 aliphatic rings. The van der Waals surface area contributed by atoms with E-state index in [1.54, 1.807) is 33.4 Å². The Morgan fingerprint density at radius 1 is 0.600 bits per heavy atom. The molecule has 0 aliphatic heterocycles. The standard InChI is InChI=1S/C24H40Si/c1-9-17-15-19(11-3)23(21(17)13-5)25(7,8)24-20(12-4)16-18(10-2)22(24)14-6/h15-16,23-24H,9-14H2,1-8H3. The fraction of sp³-hybridized carbons (Fsp3) is 0.667. The zero-order valence-corrected chi connectivity index (χ0v) is 19.1. The van der Waals surface area contributed by atoms with E-state index in [0.29, 0.717) is 0 Å². The van der Waals surface area contributed by atoms with Gasteiger partial charge in [-0.15, -0.1) is 0 Å². The lowest BCUT2D eigenvalue weighted by atomic mass is 10.0. The molecule has 0 aromatic rings. The Morgan fingerprint density at radius 3 is 1.20 bits per heavy atom. The second-order valence-corrected chi connectivity index (χ2v) is 13.1. The Hall–Kier alpha value is -0.823. The first-order valence-corrected chi connectivity index (χ1v) is 13.9. The van der Waals surface area contributed by atoms with E-state index in [1.165, 1.54) is 38.5 Å². The predicted molar refractivity (Wildman–Crippen MR) is 117 cm³/mol. The highest BCUT2D eigenvalue weighted by Gasteiger charge is 2.47. The summed E-state index contributed by atoms with van der Waals surface area (Å²) in [5.41, 5.74) is 11.9. The molecule has 0 N–H and O–H groups in total. The first-order valence-electron chi connectivity index (χ1n) is 10.8. The summed E-state index contributed by atoms with van der Waals surface area (Å²) >= 11 is 0. The van der Waals surface area contributed by atoms with E-state index >= 15 is 0 Å². The summed E-state index contributed by atoms with van der Waals surface area (Å²) < 4.78 is 0. The zero-order chi connectivity index (χ0) is 18.8. The number of hydrogen-bond donors (Lipinski definition) is 0. The van der Waals surface area contributed by atoms with Crippen molar-refractivity contribution in [2.24, 2.45) is 0 Å². The quantitative estimate of drug-likeness (QED) is 0.383. The van der Waals surface area contributed by atoms with Gasteiger partial charge in [-0.2, -0.15) is 0 Å². The molecular weight excluding hydrogens is 316 g/mol. The highest BCUT2D eigenvalue weighted by atomic mass is 28.3. The highest BCUT2D eigenvalue weighted by molar-refractivity contribution is 6.83. The van der Waals surface area contributed by atoms with Crippen LogP contribution in [0, 0.1) is 0 Å². The van der Waals surface area contributed by atoms with Gasteiger partial charge in [0.25, 0.3) is 0 Å². The van der Waals surface area contributed by atoms with E-state index < -0.39 is 8.07 Å². The van der Waals surface area contributed by atoms with Crippen LogP contribution in [-0.4, -0.2) is 8.07 Å². The predicted octanol–water partition coefficient (Wildman–Crippen LogP) is 8.37. The van der Waals surface area contributed by atoms with Gasteiger partial charge in [0, 0.05) is 0 Å². The molecule has 0 bridgehead atoms. The maximum absolute atomic E-state index is 2.69. The molecule has 0 aromatic carbocycles. The normalized spacial score (nSPS) is 24.3. The highest BCUT2D eigenvalue weighted by Crippen LogP contribution is 2.57. The van der Waals surface area contributed by atoms with E-state index in [-0.39, 0.29) is 0 Å². The first-order chi connectivity index (χ1) is 11.9. The van der Waals surface area contributed by atoms with Gasteiger partial charge in [0.05, 0.1) is 8.07 Å². The van der Waals surface area contributed by atoms with Crippen LogP contribution in [0.1, 0.15) is 80.1 Å². The second kappa shape index (κ2) is 8.25. The van der Waals surface area contributed by atoms with E-state index in [2.05, 4.69) is 66.8 Å². The van der Waals surface area contributed by atoms with Gasteiger partial charge in [-0.1, -0.05) is 89.1 Å². The zero-order valence-electron chi connectivity index (χ0n) is 18.1. The van der Waals surface area contributed by atoms with Crippen molar-refractivity contribution < 1.29 is 0 Å². The minimum absolute atomic E-state index is 0.759. The van der Waals surface area contributed by atoms with E-state index in [9.17, 15) is 0 Å². The summed E-state index contributed by atoms with van der Waals surface area (Å²) in [6.45, 7) is 19.6. The average Bonchev–Trinajstić information content (AvgIpc) is 3.18. The molecule has 2 aliphatic carbocycles. The smallest absolute Gasteiger partial charge is 0.0679 e. The largest absolute Gasteiger partial charge is 0.0713 e. The summed E-state index contributed by atoms with van der Waals surface area (Å²) in [6.07, 6.45) is 12.5. The number of allylic oxidation sites excluding steroid dienone is 8. The Morgan fingerprint density at radius 2 is 0.960 bits per heavy atom. The molecule has 25 heavy (non-hydrogen) atoms. The molecule has 1 heteroatoms. The van der Waals surface area contributed by atoms with Crippen LogP contribution in [-0.2, 0) is 0 Å². The van der Waals surface area contributed by atoms with E-state index in [0.717, 1.165) is 11.1 Å². The molecular formula is C24H40Si. The SMILES string of the molecule is CCC1=CC(CC)=C(CC)C1[Si](C)(C)C1C(CC)=CC(CC)=C1CC. The third kappa shape index (κ3) is 3.41. The minimum Gasteiger partial charge on any atom is -0.0679 e. The van der Waals surface area contributed by atoms with E-state index in [4.69, 9.17) is 0 Å². The fourth-order valence-corrected chi connectivity index (χ4v) is 11.2. The van der Waals surface area contributed by atoms with Crippen LogP contribution in [0.4, 0.5) is 0 Å². The summed E-state index contributed by atoms with van der Waals surface area (Å²) in [6, 6.07) is 0. The van der Waals surface area contributed by atoms with Crippen molar-refractivity contribution in [3.63, 3.8) is 0 Å². The van der Waals surface area contributed by atoms with Gasteiger partial charge in [0.1, 0.15) is 0 Å². The van der Waals surface area contributed by atoms with Crippen LogP contribution in [0.5, 0.6) is 0 Å². The lowest BCUT2D eigenvalue weighted by Crippen LogP contribution is -2.40. The van der Waals surface area contributed by atoms with Crippen LogP contribution in [0.15, 0.2) is 45.6 Å². The molecule has 140 valence electrons. The van der Waals surface area contributed by atoms with Gasteiger partial charge in [-0.3, -0.25) is 0 Å². The Kier molecular flexibility index (Phi) is 6.76. The lowest BCUT2D eigenvalue weighted by Gasteiger charge is -2.42. The van der Waals surface area contributed by atoms with Crippen LogP contribution in [0.2, 0.25) is 24.2 Å². The van der Waals surface area contributed by atoms with Crippen molar-refractivity contribution in [3.05, 3.63) is 45.6 Å². The molecule has 0 nitrogen and oxygen atoms in total. The van der Waals surface area contributed by atoms with Gasteiger partial charge in [0.2, 0.25) is 0 Å². The summed E-state index contributed by atoms with van der Waals surface area (Å²) in [4.78, 5) is 0. The van der Waals surface area contributed by atoms with Crippen LogP contribution in [0.3, 0.4) is 0 Å². The third-order valence-corrected chi connectivity index (χ3v) is 11.2.